The molecule has 0 spiro atoms. The summed E-state index contributed by atoms with van der Waals surface area (Å²) in [5.74, 6) is 1.37. The van der Waals surface area contributed by atoms with E-state index in [-0.39, 0.29) is 11.9 Å². The molecule has 0 aliphatic carbocycles. The lowest BCUT2D eigenvalue weighted by molar-refractivity contribution is 0.0313. The topological polar surface area (TPSA) is 99.5 Å². The molecule has 0 bridgehead atoms. The van der Waals surface area contributed by atoms with Gasteiger partial charge in [-0.05, 0) is 30.7 Å². The molecule has 1 unspecified atom stereocenters. The quantitative estimate of drug-likeness (QED) is 0.626. The first-order chi connectivity index (χ1) is 15.2. The maximum atomic E-state index is 12.7. The van der Waals surface area contributed by atoms with Gasteiger partial charge in [-0.2, -0.15) is 0 Å². The van der Waals surface area contributed by atoms with Crippen LogP contribution in [0, 0.1) is 0 Å². The van der Waals surface area contributed by atoms with E-state index in [4.69, 9.17) is 9.15 Å². The van der Waals surface area contributed by atoms with Crippen LogP contribution in [0.3, 0.4) is 0 Å². The Kier molecular flexibility index (Phi) is 5.68. The highest BCUT2D eigenvalue weighted by molar-refractivity contribution is 5.94. The molecule has 1 amide bonds. The molecule has 0 aromatic carbocycles. The van der Waals surface area contributed by atoms with E-state index in [1.54, 1.807) is 12.5 Å². The lowest BCUT2D eigenvalue weighted by Gasteiger charge is -2.25. The van der Waals surface area contributed by atoms with Gasteiger partial charge >= 0.3 is 0 Å². The fraction of sp³-hybridized carbons (Fsp3) is 0.409. The Morgan fingerprint density at radius 2 is 2.16 bits per heavy atom. The monoisotopic (exact) mass is 422 g/mol. The van der Waals surface area contributed by atoms with Crippen molar-refractivity contribution < 1.29 is 13.9 Å². The molecule has 31 heavy (non-hydrogen) atoms. The van der Waals surface area contributed by atoms with Crippen molar-refractivity contribution in [2.24, 2.45) is 0 Å². The Balaban J connectivity index is 1.17. The standard InChI is InChI=1S/C22H26N6O3/c29-21(16-12-18(31-15-16)14-27-8-10-30-11-9-27)25-17-4-7-28(13-17)22-24-6-3-20(26-22)19-2-1-5-23-19/h1-3,5-6,12,15,17,23H,4,7-11,13-14H2,(H,25,29). The Hall–Kier alpha value is -3.17. The van der Waals surface area contributed by atoms with Crippen molar-refractivity contribution in [3.8, 4) is 11.4 Å². The van der Waals surface area contributed by atoms with Gasteiger partial charge in [-0.15, -0.1) is 0 Å². The number of nitrogens with one attached hydrogen (secondary N) is 2. The zero-order chi connectivity index (χ0) is 21.0. The van der Waals surface area contributed by atoms with Crippen molar-refractivity contribution in [1.82, 2.24) is 25.2 Å². The number of rotatable bonds is 6. The van der Waals surface area contributed by atoms with Gasteiger partial charge in [-0.1, -0.05) is 0 Å². The number of amides is 1. The van der Waals surface area contributed by atoms with Crippen molar-refractivity contribution in [3.05, 3.63) is 54.2 Å². The highest BCUT2D eigenvalue weighted by Crippen LogP contribution is 2.21. The van der Waals surface area contributed by atoms with Crippen LogP contribution < -0.4 is 10.2 Å². The van der Waals surface area contributed by atoms with Gasteiger partial charge in [0.15, 0.2) is 0 Å². The van der Waals surface area contributed by atoms with E-state index in [1.165, 1.54) is 0 Å². The summed E-state index contributed by atoms with van der Waals surface area (Å²) in [5, 5.41) is 3.12. The van der Waals surface area contributed by atoms with Crippen molar-refractivity contribution in [2.75, 3.05) is 44.3 Å². The smallest absolute Gasteiger partial charge is 0.254 e. The molecule has 162 valence electrons. The van der Waals surface area contributed by atoms with Gasteiger partial charge in [-0.25, -0.2) is 9.97 Å². The Bertz CT molecular complexity index is 1010. The first-order valence-electron chi connectivity index (χ1n) is 10.6. The van der Waals surface area contributed by atoms with Crippen molar-refractivity contribution in [2.45, 2.75) is 19.0 Å². The molecule has 2 aliphatic rings. The van der Waals surface area contributed by atoms with Gasteiger partial charge in [0.25, 0.3) is 5.91 Å². The molecule has 0 saturated carbocycles. The third-order valence-electron chi connectivity index (χ3n) is 5.72. The molecule has 3 aromatic heterocycles. The second kappa shape index (κ2) is 8.91. The minimum Gasteiger partial charge on any atom is -0.467 e. The summed E-state index contributed by atoms with van der Waals surface area (Å²) in [6, 6.07) is 7.69. The lowest BCUT2D eigenvalue weighted by atomic mass is 10.2. The maximum absolute atomic E-state index is 12.7. The summed E-state index contributed by atoms with van der Waals surface area (Å²) >= 11 is 0. The number of anilines is 1. The van der Waals surface area contributed by atoms with Crippen molar-refractivity contribution in [3.63, 3.8) is 0 Å². The van der Waals surface area contributed by atoms with Gasteiger partial charge in [0.05, 0.1) is 36.7 Å². The summed E-state index contributed by atoms with van der Waals surface area (Å²) in [7, 11) is 0. The molecular formula is C22H26N6O3. The number of carbonyl (C=O) groups excluding carboxylic acids is 1. The van der Waals surface area contributed by atoms with E-state index in [0.717, 1.165) is 56.4 Å². The zero-order valence-corrected chi connectivity index (χ0v) is 17.3. The van der Waals surface area contributed by atoms with E-state index in [2.05, 4.69) is 30.1 Å². The molecule has 9 heteroatoms. The molecule has 5 heterocycles. The van der Waals surface area contributed by atoms with Gasteiger partial charge < -0.3 is 24.4 Å². The van der Waals surface area contributed by atoms with Gasteiger partial charge in [0, 0.05) is 44.6 Å². The van der Waals surface area contributed by atoms with Crippen LogP contribution in [0.15, 0.2) is 47.3 Å². The van der Waals surface area contributed by atoms with E-state index >= 15 is 0 Å². The largest absolute Gasteiger partial charge is 0.467 e. The molecule has 5 rings (SSSR count). The SMILES string of the molecule is O=C(NC1CCN(c2nccc(-c3ccc[nH]3)n2)C1)c1coc(CN2CCOCC2)c1. The minimum atomic E-state index is -0.107. The number of morpholine rings is 1. The normalized spacial score (nSPS) is 19.6. The number of furan rings is 1. The number of aromatic amines is 1. The lowest BCUT2D eigenvalue weighted by Crippen LogP contribution is -2.37. The second-order valence-corrected chi connectivity index (χ2v) is 7.92. The summed E-state index contributed by atoms with van der Waals surface area (Å²) in [5.41, 5.74) is 2.38. The van der Waals surface area contributed by atoms with Crippen LogP contribution in [0.4, 0.5) is 5.95 Å². The predicted octanol–water partition coefficient (Wildman–Crippen LogP) is 1.91. The van der Waals surface area contributed by atoms with Gasteiger partial charge in [0.2, 0.25) is 5.95 Å². The molecule has 0 radical (unpaired) electrons. The fourth-order valence-corrected chi connectivity index (χ4v) is 4.03. The van der Waals surface area contributed by atoms with Gasteiger partial charge in [-0.3, -0.25) is 9.69 Å². The van der Waals surface area contributed by atoms with E-state index in [9.17, 15) is 4.79 Å². The highest BCUT2D eigenvalue weighted by atomic mass is 16.5. The number of carbonyl (C=O) groups is 1. The fourth-order valence-electron chi connectivity index (χ4n) is 4.03. The average molecular weight is 422 g/mol. The van der Waals surface area contributed by atoms with Crippen LogP contribution in [0.5, 0.6) is 0 Å². The molecule has 2 fully saturated rings. The van der Waals surface area contributed by atoms with Gasteiger partial charge in [0.1, 0.15) is 12.0 Å². The number of aromatic nitrogens is 3. The van der Waals surface area contributed by atoms with Crippen LogP contribution in [-0.4, -0.2) is 71.2 Å². The third kappa shape index (κ3) is 4.62. The second-order valence-electron chi connectivity index (χ2n) is 7.92. The number of nitrogens with zero attached hydrogens (tertiary/aromatic N) is 4. The molecular weight excluding hydrogens is 396 g/mol. The Morgan fingerprint density at radius 1 is 1.26 bits per heavy atom. The van der Waals surface area contributed by atoms with Crippen molar-refractivity contribution >= 4 is 11.9 Å². The van der Waals surface area contributed by atoms with E-state index < -0.39 is 0 Å². The molecule has 3 aromatic rings. The maximum Gasteiger partial charge on any atom is 0.254 e. The molecule has 2 N–H and O–H groups in total. The van der Waals surface area contributed by atoms with Crippen LogP contribution in [0.1, 0.15) is 22.5 Å². The minimum absolute atomic E-state index is 0.0443. The Morgan fingerprint density at radius 3 is 3.00 bits per heavy atom. The summed E-state index contributed by atoms with van der Waals surface area (Å²) < 4.78 is 11.0. The first-order valence-corrected chi connectivity index (χ1v) is 10.6. The number of ether oxygens (including phenoxy) is 1. The van der Waals surface area contributed by atoms with E-state index in [1.807, 2.05) is 30.5 Å². The predicted molar refractivity (Wildman–Crippen MR) is 115 cm³/mol. The highest BCUT2D eigenvalue weighted by Gasteiger charge is 2.27. The first kappa shape index (κ1) is 19.8. The number of H-pyrrole nitrogens is 1. The van der Waals surface area contributed by atoms with Crippen LogP contribution in [-0.2, 0) is 11.3 Å². The summed E-state index contributed by atoms with van der Waals surface area (Å²) in [6.07, 6.45) is 6.04. The Labute approximate surface area is 180 Å². The number of hydrogen-bond acceptors (Lipinski definition) is 7. The number of hydrogen-bond donors (Lipinski definition) is 2. The van der Waals surface area contributed by atoms with Crippen LogP contribution in [0.25, 0.3) is 11.4 Å². The molecule has 9 nitrogen and oxygen atoms in total. The molecule has 2 saturated heterocycles. The summed E-state index contributed by atoms with van der Waals surface area (Å²) in [4.78, 5) is 29.3. The van der Waals surface area contributed by atoms with Crippen LogP contribution >= 0.6 is 0 Å². The van der Waals surface area contributed by atoms with Crippen molar-refractivity contribution in [1.29, 1.82) is 0 Å². The summed E-state index contributed by atoms with van der Waals surface area (Å²) in [6.45, 7) is 5.42. The van der Waals surface area contributed by atoms with E-state index in [0.29, 0.717) is 24.6 Å². The molecule has 2 aliphatic heterocycles. The van der Waals surface area contributed by atoms with Crippen LogP contribution in [0.2, 0.25) is 0 Å². The third-order valence-corrected chi connectivity index (χ3v) is 5.72. The average Bonchev–Trinajstić information content (AvgIpc) is 3.57. The molecule has 1 atom stereocenters. The zero-order valence-electron chi connectivity index (χ0n) is 17.3.